The van der Waals surface area contributed by atoms with Gasteiger partial charge in [0.2, 0.25) is 5.91 Å². The molecule has 2 fully saturated rings. The van der Waals surface area contributed by atoms with E-state index in [-0.39, 0.29) is 11.8 Å². The Morgan fingerprint density at radius 2 is 2.00 bits per heavy atom. The molecule has 3 heteroatoms. The summed E-state index contributed by atoms with van der Waals surface area (Å²) in [4.78, 5) is 22.2. The van der Waals surface area contributed by atoms with Gasteiger partial charge in [-0.1, -0.05) is 19.4 Å². The van der Waals surface area contributed by atoms with E-state index in [0.29, 0.717) is 18.3 Å². The molecular formula is C10H13NO2. The van der Waals surface area contributed by atoms with Crippen molar-refractivity contribution < 1.29 is 9.59 Å². The normalized spacial score (nSPS) is 38.9. The summed E-state index contributed by atoms with van der Waals surface area (Å²) in [6, 6.07) is 0. The molecule has 2 amide bonds. The predicted octanol–water partition coefficient (Wildman–Crippen LogP) is 1.01. The van der Waals surface area contributed by atoms with Crippen LogP contribution in [0.3, 0.4) is 0 Å². The second-order valence-corrected chi connectivity index (χ2v) is 4.03. The number of hydrogen-bond acceptors (Lipinski definition) is 2. The van der Waals surface area contributed by atoms with Crippen molar-refractivity contribution in [1.82, 2.24) is 5.32 Å². The van der Waals surface area contributed by atoms with Crippen molar-refractivity contribution in [2.45, 2.75) is 26.7 Å². The van der Waals surface area contributed by atoms with Gasteiger partial charge in [-0.25, -0.2) is 0 Å². The van der Waals surface area contributed by atoms with Gasteiger partial charge in [0.15, 0.2) is 0 Å². The molecule has 2 unspecified atom stereocenters. The first-order valence-corrected chi connectivity index (χ1v) is 4.65. The SMILES string of the molecule is CC1C/C(=C2\CC(=O)NC2=O)C1C. The third kappa shape index (κ3) is 1.19. The number of allylic oxidation sites excluding steroid dienone is 1. The average Bonchev–Trinajstić information content (AvgIpc) is 2.40. The minimum atomic E-state index is -0.168. The van der Waals surface area contributed by atoms with Crippen molar-refractivity contribution in [1.29, 1.82) is 0 Å². The quantitative estimate of drug-likeness (QED) is 0.445. The Morgan fingerprint density at radius 3 is 2.38 bits per heavy atom. The lowest BCUT2D eigenvalue weighted by molar-refractivity contribution is -0.124. The molecule has 2 atom stereocenters. The summed E-state index contributed by atoms with van der Waals surface area (Å²) >= 11 is 0. The van der Waals surface area contributed by atoms with Crippen molar-refractivity contribution in [3.8, 4) is 0 Å². The van der Waals surface area contributed by atoms with E-state index in [4.69, 9.17) is 0 Å². The average molecular weight is 179 g/mol. The Hall–Kier alpha value is -1.12. The Labute approximate surface area is 77.2 Å². The Morgan fingerprint density at radius 1 is 1.31 bits per heavy atom. The van der Waals surface area contributed by atoms with E-state index in [2.05, 4.69) is 19.2 Å². The van der Waals surface area contributed by atoms with Crippen LogP contribution in [0.15, 0.2) is 11.1 Å². The standard InChI is InChI=1S/C10H13NO2/c1-5-3-7(6(5)2)8-4-9(12)11-10(8)13/h5-6H,3-4H2,1-2H3,(H,11,12,13)/b8-7-. The number of amides is 2. The molecule has 0 aromatic rings. The molecule has 3 nitrogen and oxygen atoms in total. The Balaban J connectivity index is 2.26. The smallest absolute Gasteiger partial charge is 0.254 e. The first-order valence-electron chi connectivity index (χ1n) is 4.65. The zero-order valence-corrected chi connectivity index (χ0v) is 7.89. The van der Waals surface area contributed by atoms with Crippen LogP contribution in [0.4, 0.5) is 0 Å². The summed E-state index contributed by atoms with van der Waals surface area (Å²) in [5.41, 5.74) is 1.92. The number of imide groups is 1. The fourth-order valence-electron chi connectivity index (χ4n) is 2.04. The molecule has 0 radical (unpaired) electrons. The summed E-state index contributed by atoms with van der Waals surface area (Å²) < 4.78 is 0. The van der Waals surface area contributed by atoms with Crippen molar-refractivity contribution in [2.24, 2.45) is 11.8 Å². The van der Waals surface area contributed by atoms with Gasteiger partial charge >= 0.3 is 0 Å². The van der Waals surface area contributed by atoms with Crippen LogP contribution in [0.5, 0.6) is 0 Å². The highest BCUT2D eigenvalue weighted by molar-refractivity contribution is 6.13. The van der Waals surface area contributed by atoms with Crippen LogP contribution in [0.25, 0.3) is 0 Å². The van der Waals surface area contributed by atoms with Crippen LogP contribution >= 0.6 is 0 Å². The molecule has 2 rings (SSSR count). The van der Waals surface area contributed by atoms with Crippen LogP contribution in [-0.4, -0.2) is 11.8 Å². The fourth-order valence-corrected chi connectivity index (χ4v) is 2.04. The van der Waals surface area contributed by atoms with Gasteiger partial charge in [-0.2, -0.15) is 0 Å². The first kappa shape index (κ1) is 8.48. The molecule has 1 N–H and O–H groups in total. The lowest BCUT2D eigenvalue weighted by Gasteiger charge is -2.35. The molecule has 0 spiro atoms. The predicted molar refractivity (Wildman–Crippen MR) is 47.7 cm³/mol. The summed E-state index contributed by atoms with van der Waals surface area (Å²) in [6.45, 7) is 4.29. The van der Waals surface area contributed by atoms with Gasteiger partial charge in [-0.3, -0.25) is 14.9 Å². The summed E-state index contributed by atoms with van der Waals surface area (Å²) in [5, 5.41) is 2.32. The second kappa shape index (κ2) is 2.69. The number of nitrogens with one attached hydrogen (secondary N) is 1. The van der Waals surface area contributed by atoms with E-state index in [1.807, 2.05) is 0 Å². The molecule has 1 saturated carbocycles. The molecule has 0 aromatic carbocycles. The third-order valence-corrected chi connectivity index (χ3v) is 3.20. The Bertz CT molecular complexity index is 317. The highest BCUT2D eigenvalue weighted by Gasteiger charge is 2.36. The van der Waals surface area contributed by atoms with E-state index in [9.17, 15) is 9.59 Å². The van der Waals surface area contributed by atoms with E-state index in [0.717, 1.165) is 12.0 Å². The number of hydrogen-bond donors (Lipinski definition) is 1. The molecule has 1 heterocycles. The summed E-state index contributed by atoms with van der Waals surface area (Å²) in [5.74, 6) is 0.815. The Kier molecular flexibility index (Phi) is 1.75. The van der Waals surface area contributed by atoms with Crippen molar-refractivity contribution in [2.75, 3.05) is 0 Å². The van der Waals surface area contributed by atoms with Crippen molar-refractivity contribution in [3.05, 3.63) is 11.1 Å². The molecule has 70 valence electrons. The zero-order chi connectivity index (χ0) is 9.59. The lowest BCUT2D eigenvalue weighted by Crippen LogP contribution is -2.27. The highest BCUT2D eigenvalue weighted by atomic mass is 16.2. The number of rotatable bonds is 0. The molecule has 13 heavy (non-hydrogen) atoms. The van der Waals surface area contributed by atoms with E-state index < -0.39 is 0 Å². The van der Waals surface area contributed by atoms with Gasteiger partial charge < -0.3 is 0 Å². The molecule has 0 aromatic heterocycles. The van der Waals surface area contributed by atoms with Crippen LogP contribution in [0.1, 0.15) is 26.7 Å². The molecule has 1 aliphatic carbocycles. The molecule has 1 aliphatic heterocycles. The van der Waals surface area contributed by atoms with Crippen molar-refractivity contribution >= 4 is 11.8 Å². The number of carbonyl (C=O) groups excluding carboxylic acids is 2. The fraction of sp³-hybridized carbons (Fsp3) is 0.600. The molecular weight excluding hydrogens is 166 g/mol. The van der Waals surface area contributed by atoms with E-state index in [1.54, 1.807) is 0 Å². The van der Waals surface area contributed by atoms with Gasteiger partial charge in [0, 0.05) is 5.57 Å². The second-order valence-electron chi connectivity index (χ2n) is 4.03. The van der Waals surface area contributed by atoms with E-state index in [1.165, 1.54) is 5.57 Å². The molecule has 1 saturated heterocycles. The largest absolute Gasteiger partial charge is 0.292 e. The summed E-state index contributed by atoms with van der Waals surface area (Å²) in [7, 11) is 0. The molecule has 2 aliphatic rings. The maximum Gasteiger partial charge on any atom is 0.254 e. The van der Waals surface area contributed by atoms with Crippen LogP contribution in [0, 0.1) is 11.8 Å². The minimum Gasteiger partial charge on any atom is -0.292 e. The van der Waals surface area contributed by atoms with Gasteiger partial charge in [0.25, 0.3) is 5.91 Å². The van der Waals surface area contributed by atoms with Crippen molar-refractivity contribution in [3.63, 3.8) is 0 Å². The van der Waals surface area contributed by atoms with Gasteiger partial charge in [-0.15, -0.1) is 0 Å². The van der Waals surface area contributed by atoms with Gasteiger partial charge in [0.1, 0.15) is 0 Å². The van der Waals surface area contributed by atoms with Crippen LogP contribution < -0.4 is 5.32 Å². The van der Waals surface area contributed by atoms with Crippen LogP contribution in [0.2, 0.25) is 0 Å². The third-order valence-electron chi connectivity index (χ3n) is 3.20. The molecule has 0 bridgehead atoms. The zero-order valence-electron chi connectivity index (χ0n) is 7.89. The maximum atomic E-state index is 11.3. The topological polar surface area (TPSA) is 46.2 Å². The van der Waals surface area contributed by atoms with Gasteiger partial charge in [-0.05, 0) is 18.3 Å². The van der Waals surface area contributed by atoms with Crippen LogP contribution in [-0.2, 0) is 9.59 Å². The first-order chi connectivity index (χ1) is 6.09. The minimum absolute atomic E-state index is 0.153. The monoisotopic (exact) mass is 179 g/mol. The maximum absolute atomic E-state index is 11.3. The lowest BCUT2D eigenvalue weighted by atomic mass is 9.69. The number of carbonyl (C=O) groups is 2. The van der Waals surface area contributed by atoms with Gasteiger partial charge in [0.05, 0.1) is 6.42 Å². The highest BCUT2D eigenvalue weighted by Crippen LogP contribution is 2.42. The van der Waals surface area contributed by atoms with E-state index >= 15 is 0 Å². The summed E-state index contributed by atoms with van der Waals surface area (Å²) in [6.07, 6.45) is 1.28.